The summed E-state index contributed by atoms with van der Waals surface area (Å²) in [6.45, 7) is 8.26. The number of aliphatic hydroxyl groups is 1. The lowest BCUT2D eigenvalue weighted by Crippen LogP contribution is -2.37. The Labute approximate surface area is 151 Å². The largest absolute Gasteiger partial charge is 0.491 e. The van der Waals surface area contributed by atoms with Crippen LogP contribution in [0.3, 0.4) is 0 Å². The lowest BCUT2D eigenvalue weighted by Gasteiger charge is -2.15. The van der Waals surface area contributed by atoms with Gasteiger partial charge in [0.25, 0.3) is 0 Å². The minimum Gasteiger partial charge on any atom is -0.491 e. The summed E-state index contributed by atoms with van der Waals surface area (Å²) in [7, 11) is 0. The Hall–Kier alpha value is -1.79. The molecule has 25 heavy (non-hydrogen) atoms. The molecule has 4 N–H and O–H groups in total. The molecule has 0 unspecified atom stereocenters. The molecule has 0 heterocycles. The molecule has 0 aliphatic heterocycles. The van der Waals surface area contributed by atoms with Gasteiger partial charge >= 0.3 is 6.03 Å². The number of amides is 2. The fraction of sp³-hybridized carbons (Fsp3) is 0.632. The van der Waals surface area contributed by atoms with Gasteiger partial charge in [0.05, 0.1) is 0 Å². The Bertz CT molecular complexity index is 477. The Balaban J connectivity index is 2.21. The molecule has 0 saturated carbocycles. The molecule has 6 nitrogen and oxygen atoms in total. The van der Waals surface area contributed by atoms with Crippen molar-refractivity contribution >= 4 is 6.03 Å². The number of aliphatic hydroxyl groups excluding tert-OH is 1. The van der Waals surface area contributed by atoms with Crippen LogP contribution in [0.5, 0.6) is 5.75 Å². The van der Waals surface area contributed by atoms with Crippen LogP contribution in [0.15, 0.2) is 24.3 Å². The minimum absolute atomic E-state index is 0.114. The molecule has 0 aliphatic rings. The number of ether oxygens (including phenoxy) is 1. The first-order valence-corrected chi connectivity index (χ1v) is 9.16. The summed E-state index contributed by atoms with van der Waals surface area (Å²) in [5, 5.41) is 18.7. The highest BCUT2D eigenvalue weighted by molar-refractivity contribution is 5.73. The van der Waals surface area contributed by atoms with Gasteiger partial charge in [0, 0.05) is 25.7 Å². The third kappa shape index (κ3) is 10.6. The monoisotopic (exact) mass is 351 g/mol. The van der Waals surface area contributed by atoms with Gasteiger partial charge < -0.3 is 25.8 Å². The van der Waals surface area contributed by atoms with Crippen molar-refractivity contribution < 1.29 is 14.6 Å². The second-order valence-corrected chi connectivity index (χ2v) is 6.46. The predicted octanol–water partition coefficient (Wildman–Crippen LogP) is 2.07. The van der Waals surface area contributed by atoms with Crippen LogP contribution in [0, 0.1) is 0 Å². The highest BCUT2D eigenvalue weighted by Crippen LogP contribution is 2.12. The van der Waals surface area contributed by atoms with Gasteiger partial charge in [-0.2, -0.15) is 0 Å². The van der Waals surface area contributed by atoms with Crippen molar-refractivity contribution in [1.29, 1.82) is 0 Å². The Morgan fingerprint density at radius 3 is 2.48 bits per heavy atom. The van der Waals surface area contributed by atoms with Crippen molar-refractivity contribution in [3.8, 4) is 5.75 Å². The topological polar surface area (TPSA) is 82.6 Å². The maximum Gasteiger partial charge on any atom is 0.314 e. The first-order valence-electron chi connectivity index (χ1n) is 9.16. The Morgan fingerprint density at radius 2 is 1.84 bits per heavy atom. The van der Waals surface area contributed by atoms with Crippen molar-refractivity contribution in [2.75, 3.05) is 26.2 Å². The SMILES string of the molecule is CCCCNC(=O)NCCc1ccc(OC[C@H](O)CNC(C)C)cc1. The first kappa shape index (κ1) is 21.3. The second kappa shape index (κ2) is 12.6. The average Bonchev–Trinajstić information content (AvgIpc) is 2.59. The van der Waals surface area contributed by atoms with E-state index in [0.29, 0.717) is 25.7 Å². The van der Waals surface area contributed by atoms with Crippen LogP contribution in [-0.2, 0) is 6.42 Å². The van der Waals surface area contributed by atoms with Crippen LogP contribution in [-0.4, -0.2) is 49.5 Å². The van der Waals surface area contributed by atoms with E-state index in [-0.39, 0.29) is 12.6 Å². The zero-order valence-electron chi connectivity index (χ0n) is 15.7. The van der Waals surface area contributed by atoms with Gasteiger partial charge in [-0.25, -0.2) is 4.79 Å². The van der Waals surface area contributed by atoms with E-state index in [1.807, 2.05) is 38.1 Å². The van der Waals surface area contributed by atoms with E-state index in [2.05, 4.69) is 22.9 Å². The molecule has 1 aromatic carbocycles. The molecule has 1 atom stereocenters. The molecule has 0 radical (unpaired) electrons. The minimum atomic E-state index is -0.530. The van der Waals surface area contributed by atoms with Crippen LogP contribution in [0.25, 0.3) is 0 Å². The van der Waals surface area contributed by atoms with Gasteiger partial charge in [-0.1, -0.05) is 39.3 Å². The van der Waals surface area contributed by atoms with Crippen molar-refractivity contribution in [1.82, 2.24) is 16.0 Å². The summed E-state index contributed by atoms with van der Waals surface area (Å²) < 4.78 is 5.58. The summed E-state index contributed by atoms with van der Waals surface area (Å²) in [4.78, 5) is 11.5. The molecule has 2 amide bonds. The summed E-state index contributed by atoms with van der Waals surface area (Å²) >= 11 is 0. The van der Waals surface area contributed by atoms with Crippen LogP contribution in [0.4, 0.5) is 4.79 Å². The lowest BCUT2D eigenvalue weighted by atomic mass is 10.1. The Kier molecular flexibility index (Phi) is 10.7. The van der Waals surface area contributed by atoms with Crippen LogP contribution in [0.1, 0.15) is 39.2 Å². The quantitative estimate of drug-likeness (QED) is 0.435. The van der Waals surface area contributed by atoms with Crippen LogP contribution < -0.4 is 20.7 Å². The number of carbonyl (C=O) groups excluding carboxylic acids is 1. The molecular weight excluding hydrogens is 318 g/mol. The van der Waals surface area contributed by atoms with E-state index in [1.165, 1.54) is 0 Å². The summed E-state index contributed by atoms with van der Waals surface area (Å²) in [6.07, 6.45) is 2.30. The zero-order chi connectivity index (χ0) is 18.5. The van der Waals surface area contributed by atoms with E-state index in [4.69, 9.17) is 4.74 Å². The van der Waals surface area contributed by atoms with E-state index in [1.54, 1.807) is 0 Å². The number of hydrogen-bond acceptors (Lipinski definition) is 4. The van der Waals surface area contributed by atoms with Crippen LogP contribution >= 0.6 is 0 Å². The normalized spacial score (nSPS) is 12.0. The summed E-state index contributed by atoms with van der Waals surface area (Å²) in [5.41, 5.74) is 1.13. The summed E-state index contributed by atoms with van der Waals surface area (Å²) in [5.74, 6) is 0.734. The summed E-state index contributed by atoms with van der Waals surface area (Å²) in [6, 6.07) is 7.96. The smallest absolute Gasteiger partial charge is 0.314 e. The van der Waals surface area contributed by atoms with Gasteiger partial charge in [-0.15, -0.1) is 0 Å². The van der Waals surface area contributed by atoms with Gasteiger partial charge in [0.15, 0.2) is 0 Å². The van der Waals surface area contributed by atoms with Crippen molar-refractivity contribution in [2.45, 2.75) is 52.2 Å². The van der Waals surface area contributed by atoms with Crippen molar-refractivity contribution in [2.24, 2.45) is 0 Å². The number of unbranched alkanes of at least 4 members (excludes halogenated alkanes) is 1. The maximum absolute atomic E-state index is 11.5. The standard InChI is InChI=1S/C19H33N3O3/c1-4-5-11-20-19(24)21-12-10-16-6-8-18(9-7-16)25-14-17(23)13-22-15(2)3/h6-9,15,17,22-23H,4-5,10-14H2,1-3H3,(H2,20,21,24)/t17-/m1/s1. The van der Waals surface area contributed by atoms with E-state index < -0.39 is 6.10 Å². The van der Waals surface area contributed by atoms with Gasteiger partial charge in [0.2, 0.25) is 0 Å². The van der Waals surface area contributed by atoms with Gasteiger partial charge in [-0.05, 0) is 30.5 Å². The molecule has 142 valence electrons. The average molecular weight is 351 g/mol. The van der Waals surface area contributed by atoms with Crippen molar-refractivity contribution in [3.63, 3.8) is 0 Å². The highest BCUT2D eigenvalue weighted by atomic mass is 16.5. The number of benzene rings is 1. The number of hydrogen-bond donors (Lipinski definition) is 4. The number of urea groups is 1. The third-order valence-electron chi connectivity index (χ3n) is 3.64. The Morgan fingerprint density at radius 1 is 1.16 bits per heavy atom. The van der Waals surface area contributed by atoms with E-state index in [9.17, 15) is 9.90 Å². The maximum atomic E-state index is 11.5. The molecular formula is C19H33N3O3. The third-order valence-corrected chi connectivity index (χ3v) is 3.64. The molecule has 0 saturated heterocycles. The number of carbonyl (C=O) groups is 1. The van der Waals surface area contributed by atoms with Crippen LogP contribution in [0.2, 0.25) is 0 Å². The molecule has 0 spiro atoms. The second-order valence-electron chi connectivity index (χ2n) is 6.46. The van der Waals surface area contributed by atoms with Crippen molar-refractivity contribution in [3.05, 3.63) is 29.8 Å². The molecule has 0 bridgehead atoms. The fourth-order valence-electron chi connectivity index (χ4n) is 2.14. The van der Waals surface area contributed by atoms with E-state index in [0.717, 1.165) is 30.6 Å². The van der Waals surface area contributed by atoms with Gasteiger partial charge in [0.1, 0.15) is 18.5 Å². The molecule has 6 heteroatoms. The fourth-order valence-corrected chi connectivity index (χ4v) is 2.14. The van der Waals surface area contributed by atoms with E-state index >= 15 is 0 Å². The molecule has 0 aromatic heterocycles. The lowest BCUT2D eigenvalue weighted by molar-refractivity contribution is 0.104. The number of nitrogens with one attached hydrogen (secondary N) is 3. The highest BCUT2D eigenvalue weighted by Gasteiger charge is 2.06. The zero-order valence-corrected chi connectivity index (χ0v) is 15.7. The molecule has 1 rings (SSSR count). The first-order chi connectivity index (χ1) is 12.0. The molecule has 1 aromatic rings. The van der Waals surface area contributed by atoms with Gasteiger partial charge in [-0.3, -0.25) is 0 Å². The molecule has 0 aliphatic carbocycles. The number of rotatable bonds is 12. The molecule has 0 fully saturated rings. The predicted molar refractivity (Wildman–Crippen MR) is 101 cm³/mol.